The Morgan fingerprint density at radius 3 is 2.20 bits per heavy atom. The summed E-state index contributed by atoms with van der Waals surface area (Å²) in [5, 5.41) is 0. The van der Waals surface area contributed by atoms with Crippen LogP contribution in [-0.4, -0.2) is 9.36 Å². The van der Waals surface area contributed by atoms with E-state index in [9.17, 15) is 4.79 Å². The molecule has 0 aliphatic rings. The van der Waals surface area contributed by atoms with Gasteiger partial charge in [-0.1, -0.05) is 19.9 Å². The third-order valence-corrected chi connectivity index (χ3v) is 3.51. The van der Waals surface area contributed by atoms with Crippen molar-refractivity contribution in [1.82, 2.24) is 9.36 Å². The lowest BCUT2D eigenvalue weighted by atomic mass is 10.1. The quantitative estimate of drug-likeness (QED) is 0.931. The molecule has 0 atom stereocenters. The van der Waals surface area contributed by atoms with Crippen LogP contribution in [0.1, 0.15) is 37.1 Å². The predicted molar refractivity (Wildman–Crippen MR) is 83.6 cm³/mol. The molecule has 2 N–H and O–H groups in total. The third kappa shape index (κ3) is 2.38. The minimum Gasteiger partial charge on any atom is -0.393 e. The maximum atomic E-state index is 12.5. The van der Waals surface area contributed by atoms with Crippen molar-refractivity contribution in [3.05, 3.63) is 45.4 Å². The fourth-order valence-electron chi connectivity index (χ4n) is 2.76. The van der Waals surface area contributed by atoms with E-state index in [0.717, 1.165) is 41.9 Å². The van der Waals surface area contributed by atoms with Crippen molar-refractivity contribution >= 4 is 5.69 Å². The van der Waals surface area contributed by atoms with E-state index < -0.39 is 0 Å². The fraction of sp³-hybridized carbons (Fsp3) is 0.438. The Balaban J connectivity index is 2.75. The van der Waals surface area contributed by atoms with Crippen molar-refractivity contribution < 1.29 is 0 Å². The van der Waals surface area contributed by atoms with Gasteiger partial charge in [-0.05, 0) is 49.9 Å². The lowest BCUT2D eigenvalue weighted by molar-refractivity contribution is 0.516. The van der Waals surface area contributed by atoms with Gasteiger partial charge in [-0.2, -0.15) is 0 Å². The minimum absolute atomic E-state index is 0.111. The van der Waals surface area contributed by atoms with E-state index >= 15 is 0 Å². The Kier molecular flexibility index (Phi) is 4.02. The van der Waals surface area contributed by atoms with E-state index in [1.54, 1.807) is 4.68 Å². The van der Waals surface area contributed by atoms with Crippen LogP contribution in [-0.2, 0) is 13.0 Å². The molecule has 4 nitrogen and oxygen atoms in total. The molecule has 4 heteroatoms. The molecule has 0 amide bonds. The Morgan fingerprint density at radius 2 is 1.70 bits per heavy atom. The number of anilines is 1. The first-order valence-electron chi connectivity index (χ1n) is 7.18. The van der Waals surface area contributed by atoms with Crippen LogP contribution in [0.15, 0.2) is 23.0 Å². The second-order valence-electron chi connectivity index (χ2n) is 5.30. The van der Waals surface area contributed by atoms with Crippen molar-refractivity contribution in [2.24, 2.45) is 0 Å². The summed E-state index contributed by atoms with van der Waals surface area (Å²) in [4.78, 5) is 12.5. The summed E-state index contributed by atoms with van der Waals surface area (Å²) in [6.07, 6.45) is 1.73. The van der Waals surface area contributed by atoms with Gasteiger partial charge in [0, 0.05) is 6.54 Å². The van der Waals surface area contributed by atoms with Gasteiger partial charge in [0.1, 0.15) is 5.69 Å². The second-order valence-corrected chi connectivity index (χ2v) is 5.30. The number of hydrogen-bond acceptors (Lipinski definition) is 2. The number of nitrogens with zero attached hydrogens (tertiary/aromatic N) is 2. The molecule has 0 radical (unpaired) electrons. The first-order chi connectivity index (χ1) is 9.49. The highest BCUT2D eigenvalue weighted by molar-refractivity contribution is 5.47. The normalized spacial score (nSPS) is 11.0. The van der Waals surface area contributed by atoms with Crippen LogP contribution in [0, 0.1) is 13.8 Å². The summed E-state index contributed by atoms with van der Waals surface area (Å²) in [5.74, 6) is 0. The van der Waals surface area contributed by atoms with E-state index in [1.807, 2.05) is 37.6 Å². The number of aryl methyl sites for hydroxylation is 2. The zero-order valence-corrected chi connectivity index (χ0v) is 12.7. The molecule has 0 saturated carbocycles. The third-order valence-electron chi connectivity index (χ3n) is 3.51. The smallest absolute Gasteiger partial charge is 0.294 e. The SMILES string of the molecule is CCCn1c(CC)c(N)c(=O)n1-c1cc(C)cc(C)c1. The van der Waals surface area contributed by atoms with Crippen LogP contribution in [0.2, 0.25) is 0 Å². The topological polar surface area (TPSA) is 52.9 Å². The zero-order valence-electron chi connectivity index (χ0n) is 12.7. The highest BCUT2D eigenvalue weighted by Crippen LogP contribution is 2.17. The summed E-state index contributed by atoms with van der Waals surface area (Å²) in [6.45, 7) is 9.01. The van der Waals surface area contributed by atoms with Gasteiger partial charge in [0.25, 0.3) is 5.56 Å². The molecule has 0 spiro atoms. The van der Waals surface area contributed by atoms with Crippen molar-refractivity contribution in [3.8, 4) is 5.69 Å². The molecule has 0 unspecified atom stereocenters. The molecule has 0 fully saturated rings. The Hall–Kier alpha value is -1.97. The van der Waals surface area contributed by atoms with E-state index in [2.05, 4.69) is 13.0 Å². The summed E-state index contributed by atoms with van der Waals surface area (Å²) in [7, 11) is 0. The second kappa shape index (κ2) is 5.57. The summed E-state index contributed by atoms with van der Waals surface area (Å²) in [6, 6.07) is 6.16. The monoisotopic (exact) mass is 273 g/mol. The molecule has 20 heavy (non-hydrogen) atoms. The van der Waals surface area contributed by atoms with Crippen LogP contribution in [0.5, 0.6) is 0 Å². The van der Waals surface area contributed by atoms with Crippen LogP contribution in [0.3, 0.4) is 0 Å². The number of rotatable bonds is 4. The van der Waals surface area contributed by atoms with E-state index in [4.69, 9.17) is 5.73 Å². The molecule has 0 bridgehead atoms. The average molecular weight is 273 g/mol. The molecule has 0 saturated heterocycles. The number of hydrogen-bond donors (Lipinski definition) is 1. The van der Waals surface area contributed by atoms with E-state index in [0.29, 0.717) is 5.69 Å². The lowest BCUT2D eigenvalue weighted by Crippen LogP contribution is -2.22. The number of nitrogens with two attached hydrogens (primary N) is 1. The number of aromatic nitrogens is 2. The Bertz CT molecular complexity index is 660. The van der Waals surface area contributed by atoms with Crippen molar-refractivity contribution in [2.45, 2.75) is 47.1 Å². The molecule has 2 aromatic rings. The maximum absolute atomic E-state index is 12.5. The molecular formula is C16H23N3O. The summed E-state index contributed by atoms with van der Waals surface area (Å²) >= 11 is 0. The van der Waals surface area contributed by atoms with Gasteiger partial charge in [0.2, 0.25) is 0 Å². The van der Waals surface area contributed by atoms with Gasteiger partial charge >= 0.3 is 0 Å². The molecule has 1 aromatic carbocycles. The molecule has 0 aliphatic carbocycles. The maximum Gasteiger partial charge on any atom is 0.294 e. The summed E-state index contributed by atoms with van der Waals surface area (Å²) < 4.78 is 3.74. The van der Waals surface area contributed by atoms with Crippen LogP contribution in [0.25, 0.3) is 5.69 Å². The Labute approximate surface area is 119 Å². The van der Waals surface area contributed by atoms with E-state index in [-0.39, 0.29) is 5.56 Å². The predicted octanol–water partition coefficient (Wildman–Crippen LogP) is 2.81. The van der Waals surface area contributed by atoms with Gasteiger partial charge in [0.05, 0.1) is 11.4 Å². The highest BCUT2D eigenvalue weighted by Gasteiger charge is 2.17. The van der Waals surface area contributed by atoms with Gasteiger partial charge in [-0.25, -0.2) is 4.68 Å². The largest absolute Gasteiger partial charge is 0.393 e. The lowest BCUT2D eigenvalue weighted by Gasteiger charge is -2.14. The highest BCUT2D eigenvalue weighted by atomic mass is 16.1. The van der Waals surface area contributed by atoms with Crippen LogP contribution in [0.4, 0.5) is 5.69 Å². The first kappa shape index (κ1) is 14.4. The standard InChI is InChI=1S/C16H23N3O/c1-5-7-18-14(6-2)15(17)16(20)19(18)13-9-11(3)8-12(4)10-13/h8-10H,5-7,17H2,1-4H3. The Morgan fingerprint density at radius 1 is 1.10 bits per heavy atom. The molecular weight excluding hydrogens is 250 g/mol. The van der Waals surface area contributed by atoms with Crippen molar-refractivity contribution in [2.75, 3.05) is 5.73 Å². The molecule has 0 aliphatic heterocycles. The number of nitrogen functional groups attached to an aromatic ring is 1. The molecule has 2 rings (SSSR count). The minimum atomic E-state index is -0.111. The van der Waals surface area contributed by atoms with Crippen molar-refractivity contribution in [3.63, 3.8) is 0 Å². The molecule has 108 valence electrons. The first-order valence-corrected chi connectivity index (χ1v) is 7.18. The average Bonchev–Trinajstić information content (AvgIpc) is 2.61. The molecule has 1 heterocycles. The number of benzene rings is 1. The van der Waals surface area contributed by atoms with Gasteiger partial charge in [0.15, 0.2) is 0 Å². The fourth-order valence-corrected chi connectivity index (χ4v) is 2.76. The van der Waals surface area contributed by atoms with E-state index in [1.165, 1.54) is 0 Å². The van der Waals surface area contributed by atoms with Crippen LogP contribution >= 0.6 is 0 Å². The van der Waals surface area contributed by atoms with Gasteiger partial charge in [-0.3, -0.25) is 9.48 Å². The summed E-state index contributed by atoms with van der Waals surface area (Å²) in [5.41, 5.74) is 10.4. The molecule has 1 aromatic heterocycles. The zero-order chi connectivity index (χ0) is 14.9. The van der Waals surface area contributed by atoms with Gasteiger partial charge < -0.3 is 5.73 Å². The van der Waals surface area contributed by atoms with Crippen LogP contribution < -0.4 is 11.3 Å². The van der Waals surface area contributed by atoms with Gasteiger partial charge in [-0.15, -0.1) is 0 Å². The van der Waals surface area contributed by atoms with Crippen molar-refractivity contribution in [1.29, 1.82) is 0 Å².